The van der Waals surface area contributed by atoms with Gasteiger partial charge >= 0.3 is 10.1 Å². The number of hydrogen-bond donors (Lipinski definition) is 2. The Morgan fingerprint density at radius 3 is 2.40 bits per heavy atom. The molecule has 1 saturated heterocycles. The van der Waals surface area contributed by atoms with Crippen LogP contribution in [0.2, 0.25) is 5.02 Å². The molecular weight excluding hydrogens is 500 g/mol. The van der Waals surface area contributed by atoms with Gasteiger partial charge in [0.1, 0.15) is 16.7 Å². The number of piperidine rings is 1. The van der Waals surface area contributed by atoms with Crippen molar-refractivity contribution in [3.05, 3.63) is 82.0 Å². The highest BCUT2D eigenvalue weighted by Crippen LogP contribution is 2.36. The average molecular weight is 522 g/mol. The number of pyridine rings is 1. The Bertz CT molecular complexity index is 1380. The molecule has 11 heteroatoms. The van der Waals surface area contributed by atoms with E-state index in [-0.39, 0.29) is 23.0 Å². The summed E-state index contributed by atoms with van der Waals surface area (Å²) in [5.41, 5.74) is 1.62. The molecule has 0 unspecified atom stereocenters. The van der Waals surface area contributed by atoms with Gasteiger partial charge in [0, 0.05) is 25.0 Å². The summed E-state index contributed by atoms with van der Waals surface area (Å²) in [7, 11) is -4.77. The standard InChI is InChI=1S/C24H22ClF2N3O4S/c1-14-12-18(6-7-20(14)27)29-22-19(13-28-23(21(22)25)35(32,33)34)24(31)30-10-8-16(9-11-30)15-2-4-17(26)5-3-15/h2-7,12-13,16H,8-11H2,1H3,(H,28,29)(H,32,33,34). The largest absolute Gasteiger partial charge is 0.354 e. The van der Waals surface area contributed by atoms with Crippen molar-refractivity contribution in [2.45, 2.75) is 30.7 Å². The fourth-order valence-electron chi connectivity index (χ4n) is 4.12. The van der Waals surface area contributed by atoms with Gasteiger partial charge in [0.25, 0.3) is 5.91 Å². The molecule has 184 valence electrons. The number of nitrogens with zero attached hydrogens (tertiary/aromatic N) is 2. The Morgan fingerprint density at radius 2 is 1.80 bits per heavy atom. The smallest absolute Gasteiger partial charge is 0.313 e. The van der Waals surface area contributed by atoms with Crippen LogP contribution in [0.1, 0.15) is 40.2 Å². The summed E-state index contributed by atoms with van der Waals surface area (Å²) in [4.78, 5) is 18.7. The first-order chi connectivity index (χ1) is 16.5. The first kappa shape index (κ1) is 25.0. The number of aromatic nitrogens is 1. The van der Waals surface area contributed by atoms with Crippen molar-refractivity contribution in [1.82, 2.24) is 9.88 Å². The van der Waals surface area contributed by atoms with Crippen molar-refractivity contribution < 1.29 is 26.5 Å². The molecule has 1 aliphatic rings. The van der Waals surface area contributed by atoms with E-state index >= 15 is 0 Å². The minimum atomic E-state index is -4.77. The lowest BCUT2D eigenvalue weighted by atomic mass is 9.89. The van der Waals surface area contributed by atoms with Crippen LogP contribution in [0.5, 0.6) is 0 Å². The number of carbonyl (C=O) groups is 1. The van der Waals surface area contributed by atoms with Crippen LogP contribution in [0.4, 0.5) is 20.2 Å². The van der Waals surface area contributed by atoms with E-state index in [9.17, 15) is 26.5 Å². The number of likely N-dealkylation sites (tertiary alicyclic amines) is 1. The zero-order valence-electron chi connectivity index (χ0n) is 18.6. The van der Waals surface area contributed by atoms with Gasteiger partial charge in [-0.05, 0) is 67.1 Å². The number of carbonyl (C=O) groups excluding carboxylic acids is 1. The summed E-state index contributed by atoms with van der Waals surface area (Å²) >= 11 is 6.28. The molecule has 35 heavy (non-hydrogen) atoms. The SMILES string of the molecule is Cc1cc(Nc2c(C(=O)N3CCC(c4ccc(F)cc4)CC3)cnc(S(=O)(=O)O)c2Cl)ccc1F. The molecule has 0 saturated carbocycles. The highest BCUT2D eigenvalue weighted by molar-refractivity contribution is 7.85. The van der Waals surface area contributed by atoms with Crippen molar-refractivity contribution in [3.63, 3.8) is 0 Å². The molecule has 1 amide bonds. The van der Waals surface area contributed by atoms with Gasteiger partial charge in [0.2, 0.25) is 5.03 Å². The van der Waals surface area contributed by atoms with Crippen molar-refractivity contribution in [2.75, 3.05) is 18.4 Å². The molecule has 4 rings (SSSR count). The van der Waals surface area contributed by atoms with Crippen molar-refractivity contribution in [1.29, 1.82) is 0 Å². The fourth-order valence-corrected chi connectivity index (χ4v) is 5.13. The van der Waals surface area contributed by atoms with Crippen LogP contribution < -0.4 is 5.32 Å². The lowest BCUT2D eigenvalue weighted by Crippen LogP contribution is -2.38. The van der Waals surface area contributed by atoms with Crippen LogP contribution in [-0.2, 0) is 10.1 Å². The van der Waals surface area contributed by atoms with Crippen LogP contribution in [-0.4, -0.2) is 41.9 Å². The number of anilines is 2. The summed E-state index contributed by atoms with van der Waals surface area (Å²) in [5.74, 6) is -1.01. The molecule has 0 aliphatic carbocycles. The highest BCUT2D eigenvalue weighted by Gasteiger charge is 2.30. The summed E-state index contributed by atoms with van der Waals surface area (Å²) in [6.07, 6.45) is 2.35. The lowest BCUT2D eigenvalue weighted by molar-refractivity contribution is 0.0713. The van der Waals surface area contributed by atoms with Crippen molar-refractivity contribution in [2.24, 2.45) is 0 Å². The van der Waals surface area contributed by atoms with Gasteiger partial charge in [0.15, 0.2) is 0 Å². The van der Waals surface area contributed by atoms with Gasteiger partial charge in [0.05, 0.1) is 11.3 Å². The molecule has 2 heterocycles. The normalized spacial score (nSPS) is 14.7. The van der Waals surface area contributed by atoms with Gasteiger partial charge in [-0.3, -0.25) is 9.35 Å². The van der Waals surface area contributed by atoms with E-state index in [4.69, 9.17) is 11.6 Å². The molecule has 0 radical (unpaired) electrons. The number of rotatable bonds is 5. The number of aryl methyl sites for hydroxylation is 1. The van der Waals surface area contributed by atoms with Gasteiger partial charge in [-0.2, -0.15) is 8.42 Å². The Morgan fingerprint density at radius 1 is 1.14 bits per heavy atom. The Balaban J connectivity index is 1.63. The number of halogens is 3. The maximum Gasteiger partial charge on any atom is 0.313 e. The molecule has 1 aromatic heterocycles. The van der Waals surface area contributed by atoms with E-state index in [0.717, 1.165) is 11.8 Å². The first-order valence-electron chi connectivity index (χ1n) is 10.8. The van der Waals surface area contributed by atoms with Gasteiger partial charge in [-0.25, -0.2) is 13.8 Å². The van der Waals surface area contributed by atoms with E-state index in [0.29, 0.717) is 37.2 Å². The van der Waals surface area contributed by atoms with Crippen molar-refractivity contribution in [3.8, 4) is 0 Å². The first-order valence-corrected chi connectivity index (χ1v) is 12.6. The predicted molar refractivity (Wildman–Crippen MR) is 128 cm³/mol. The minimum Gasteiger partial charge on any atom is -0.354 e. The molecular formula is C24H22ClF2N3O4S. The summed E-state index contributed by atoms with van der Waals surface area (Å²) in [6, 6.07) is 10.4. The van der Waals surface area contributed by atoms with E-state index in [2.05, 4.69) is 10.3 Å². The van der Waals surface area contributed by atoms with Crippen LogP contribution in [0.3, 0.4) is 0 Å². The maximum atomic E-state index is 13.7. The molecule has 3 aromatic rings. The molecule has 7 nitrogen and oxygen atoms in total. The van der Waals surface area contributed by atoms with Gasteiger partial charge in [-0.1, -0.05) is 23.7 Å². The number of hydrogen-bond acceptors (Lipinski definition) is 5. The monoisotopic (exact) mass is 521 g/mol. The Kier molecular flexibility index (Phi) is 7.07. The number of nitrogens with one attached hydrogen (secondary N) is 1. The zero-order valence-corrected chi connectivity index (χ0v) is 20.2. The van der Waals surface area contributed by atoms with Gasteiger partial charge in [-0.15, -0.1) is 0 Å². The minimum absolute atomic E-state index is 0.00427. The molecule has 1 fully saturated rings. The summed E-state index contributed by atoms with van der Waals surface area (Å²) in [5, 5.41) is 1.63. The quantitative estimate of drug-likeness (QED) is 0.440. The van der Waals surface area contributed by atoms with Crippen molar-refractivity contribution >= 4 is 39.0 Å². The average Bonchev–Trinajstić information content (AvgIpc) is 2.82. The third kappa shape index (κ3) is 5.44. The molecule has 0 bridgehead atoms. The maximum absolute atomic E-state index is 13.7. The third-order valence-electron chi connectivity index (χ3n) is 6.01. The van der Waals surface area contributed by atoms with Crippen LogP contribution >= 0.6 is 11.6 Å². The third-order valence-corrected chi connectivity index (χ3v) is 7.29. The summed E-state index contributed by atoms with van der Waals surface area (Å²) < 4.78 is 59.9. The van der Waals surface area contributed by atoms with Crippen LogP contribution in [0, 0.1) is 18.6 Å². The number of benzene rings is 2. The Hall–Kier alpha value is -3.08. The summed E-state index contributed by atoms with van der Waals surface area (Å²) in [6.45, 7) is 2.37. The molecule has 2 aromatic carbocycles. The number of amides is 1. The van der Waals surface area contributed by atoms with Crippen LogP contribution in [0.25, 0.3) is 0 Å². The second-order valence-corrected chi connectivity index (χ2v) is 10.1. The van der Waals surface area contributed by atoms with E-state index in [1.165, 1.54) is 30.3 Å². The molecule has 0 spiro atoms. The molecule has 0 atom stereocenters. The van der Waals surface area contributed by atoms with Crippen LogP contribution in [0.15, 0.2) is 53.7 Å². The van der Waals surface area contributed by atoms with E-state index in [1.807, 2.05) is 0 Å². The zero-order chi connectivity index (χ0) is 25.3. The van der Waals surface area contributed by atoms with E-state index in [1.54, 1.807) is 24.0 Å². The topological polar surface area (TPSA) is 99.6 Å². The molecule has 1 aliphatic heterocycles. The predicted octanol–water partition coefficient (Wildman–Crippen LogP) is 5.33. The fraction of sp³-hybridized carbons (Fsp3) is 0.250. The second-order valence-electron chi connectivity index (χ2n) is 8.35. The lowest BCUT2D eigenvalue weighted by Gasteiger charge is -2.32. The highest BCUT2D eigenvalue weighted by atomic mass is 35.5. The Labute approximate surface area is 206 Å². The van der Waals surface area contributed by atoms with E-state index < -0.39 is 31.9 Å². The molecule has 2 N–H and O–H groups in total. The van der Waals surface area contributed by atoms with Gasteiger partial charge < -0.3 is 10.2 Å². The second kappa shape index (κ2) is 9.88.